The molecule has 39 heavy (non-hydrogen) atoms. The van der Waals surface area contributed by atoms with Crippen LogP contribution in [-0.4, -0.2) is 72.4 Å². The number of hydrogen-bond acceptors (Lipinski definition) is 10. The zero-order valence-electron chi connectivity index (χ0n) is 23.8. The van der Waals surface area contributed by atoms with E-state index in [9.17, 15) is 33.6 Å². The van der Waals surface area contributed by atoms with E-state index in [-0.39, 0.29) is 23.1 Å². The molecule has 13 nitrogen and oxygen atoms in total. The Morgan fingerprint density at radius 3 is 1.44 bits per heavy atom. The molecular formula is C26H41NO12. The number of methoxy groups -OCH3 is 2. The van der Waals surface area contributed by atoms with E-state index in [0.717, 1.165) is 39.2 Å². The third kappa shape index (κ3) is 40.9. The van der Waals surface area contributed by atoms with E-state index >= 15 is 0 Å². The standard InChI is InChI=1S/C10H12O7.C7H12O2.C3H5NO.2C3H6O/c1-5(8(11)12)4-6(10(15)17-3)7(16-2)9(13)14;1-3-5-6-9-7(8)4-2;1-2-3(4)5;2*1-3(2)4/h4H,1-3H3,(H,11,12)(H,13,14);4H,2-3,5-6H2,1H3;2H,1H2,(H2,4,5);2*1-2H3. The van der Waals surface area contributed by atoms with Gasteiger partial charge in [0.15, 0.2) is 0 Å². The average molecular weight is 560 g/mol. The van der Waals surface area contributed by atoms with Gasteiger partial charge in [0, 0.05) is 11.6 Å². The lowest BCUT2D eigenvalue weighted by atomic mass is 10.1. The van der Waals surface area contributed by atoms with Gasteiger partial charge in [0.1, 0.15) is 17.1 Å². The maximum absolute atomic E-state index is 11.3. The summed E-state index contributed by atoms with van der Waals surface area (Å²) in [4.78, 5) is 71.4. The largest absolute Gasteiger partial charge is 0.489 e. The van der Waals surface area contributed by atoms with Crippen molar-refractivity contribution in [2.75, 3.05) is 20.8 Å². The number of carbonyl (C=O) groups excluding carboxylic acids is 5. The number of ether oxygens (including phenoxy) is 3. The fourth-order valence-electron chi connectivity index (χ4n) is 1.29. The molecule has 0 aliphatic rings. The van der Waals surface area contributed by atoms with Crippen molar-refractivity contribution in [1.29, 1.82) is 0 Å². The van der Waals surface area contributed by atoms with Crippen molar-refractivity contribution in [3.05, 3.63) is 48.3 Å². The summed E-state index contributed by atoms with van der Waals surface area (Å²) >= 11 is 0. The molecule has 0 fully saturated rings. The van der Waals surface area contributed by atoms with Crippen LogP contribution in [0.5, 0.6) is 0 Å². The summed E-state index contributed by atoms with van der Waals surface area (Å²) < 4.78 is 13.5. The first-order valence-electron chi connectivity index (χ1n) is 11.1. The van der Waals surface area contributed by atoms with Crippen LogP contribution in [0.3, 0.4) is 0 Å². The number of unbranched alkanes of at least 4 members (excludes halogenated alkanes) is 1. The van der Waals surface area contributed by atoms with Crippen molar-refractivity contribution in [3.8, 4) is 0 Å². The van der Waals surface area contributed by atoms with E-state index in [1.807, 2.05) is 6.92 Å². The highest BCUT2D eigenvalue weighted by Gasteiger charge is 2.21. The molecule has 0 aromatic heterocycles. The Hall–Kier alpha value is -4.55. The van der Waals surface area contributed by atoms with Crippen LogP contribution in [0.25, 0.3) is 0 Å². The number of nitrogens with two attached hydrogens (primary N) is 1. The minimum atomic E-state index is -1.50. The number of ketones is 2. The second-order valence-electron chi connectivity index (χ2n) is 7.02. The third-order valence-electron chi connectivity index (χ3n) is 2.86. The highest BCUT2D eigenvalue weighted by molar-refractivity contribution is 6.02. The van der Waals surface area contributed by atoms with Crippen molar-refractivity contribution in [3.63, 3.8) is 0 Å². The molecular weight excluding hydrogens is 518 g/mol. The van der Waals surface area contributed by atoms with Crippen LogP contribution in [0, 0.1) is 0 Å². The number of Topliss-reactive ketones (excluding diaryl/α,β-unsaturated/α-hetero) is 2. The second-order valence-corrected chi connectivity index (χ2v) is 7.02. The summed E-state index contributed by atoms with van der Waals surface area (Å²) in [5, 5.41) is 17.4. The van der Waals surface area contributed by atoms with Gasteiger partial charge < -0.3 is 39.7 Å². The summed E-state index contributed by atoms with van der Waals surface area (Å²) in [6.45, 7) is 16.2. The summed E-state index contributed by atoms with van der Waals surface area (Å²) in [5.41, 5.74) is 3.84. The lowest BCUT2D eigenvalue weighted by molar-refractivity contribution is -0.139. The molecule has 0 spiro atoms. The van der Waals surface area contributed by atoms with Crippen molar-refractivity contribution < 1.29 is 58.0 Å². The van der Waals surface area contributed by atoms with Crippen LogP contribution >= 0.6 is 0 Å². The topological polar surface area (TPSA) is 214 Å². The van der Waals surface area contributed by atoms with Crippen LogP contribution < -0.4 is 5.73 Å². The van der Waals surface area contributed by atoms with E-state index in [2.05, 4.69) is 33.1 Å². The first-order chi connectivity index (χ1) is 17.9. The van der Waals surface area contributed by atoms with E-state index in [4.69, 9.17) is 10.2 Å². The normalized spacial score (nSPS) is 9.59. The van der Waals surface area contributed by atoms with Gasteiger partial charge in [0.05, 0.1) is 20.8 Å². The number of esters is 2. The molecule has 0 atom stereocenters. The SMILES string of the molecule is C=CC(=O)OCCCC.C=CC(N)=O.CC(C)=O.CC(C)=O.COC(=O)C(C=C(C)C(=O)O)=C(OC)C(=O)O. The van der Waals surface area contributed by atoms with Crippen molar-refractivity contribution in [2.45, 2.75) is 54.4 Å². The highest BCUT2D eigenvalue weighted by Crippen LogP contribution is 2.12. The number of carbonyl (C=O) groups is 7. The molecule has 0 saturated carbocycles. The van der Waals surface area contributed by atoms with Gasteiger partial charge in [-0.05, 0) is 53.2 Å². The molecule has 0 heterocycles. The second kappa shape index (κ2) is 29.7. The number of primary amides is 1. The molecule has 1 amide bonds. The molecule has 4 N–H and O–H groups in total. The molecule has 0 aromatic rings. The van der Waals surface area contributed by atoms with Crippen molar-refractivity contribution in [1.82, 2.24) is 0 Å². The molecule has 0 radical (unpaired) electrons. The molecule has 0 aliphatic carbocycles. The number of aliphatic carboxylic acids is 2. The van der Waals surface area contributed by atoms with Crippen molar-refractivity contribution in [2.24, 2.45) is 5.73 Å². The van der Waals surface area contributed by atoms with Gasteiger partial charge in [0.25, 0.3) is 0 Å². The zero-order chi connectivity index (χ0) is 32.1. The van der Waals surface area contributed by atoms with Gasteiger partial charge in [-0.25, -0.2) is 19.2 Å². The first kappa shape index (κ1) is 44.4. The van der Waals surface area contributed by atoms with Gasteiger partial charge in [-0.2, -0.15) is 0 Å². The van der Waals surface area contributed by atoms with Gasteiger partial charge in [0.2, 0.25) is 11.7 Å². The number of carboxylic acids is 2. The van der Waals surface area contributed by atoms with Crippen LogP contribution in [0.1, 0.15) is 54.4 Å². The molecule has 0 unspecified atom stereocenters. The first-order valence-corrected chi connectivity index (χ1v) is 11.1. The summed E-state index contributed by atoms with van der Waals surface area (Å²) in [7, 11) is 2.09. The van der Waals surface area contributed by atoms with Gasteiger partial charge >= 0.3 is 23.9 Å². The molecule has 0 rings (SSSR count). The fraction of sp³-hybridized carbons (Fsp3) is 0.423. The van der Waals surface area contributed by atoms with Crippen LogP contribution in [-0.2, 0) is 47.8 Å². The highest BCUT2D eigenvalue weighted by atomic mass is 16.5. The Morgan fingerprint density at radius 2 is 1.21 bits per heavy atom. The van der Waals surface area contributed by atoms with Crippen LogP contribution in [0.2, 0.25) is 0 Å². The predicted molar refractivity (Wildman–Crippen MR) is 143 cm³/mol. The zero-order valence-corrected chi connectivity index (χ0v) is 23.8. The Balaban J connectivity index is -0.000000145. The molecule has 222 valence electrons. The monoisotopic (exact) mass is 559 g/mol. The number of amides is 1. The fourth-order valence-corrected chi connectivity index (χ4v) is 1.29. The van der Waals surface area contributed by atoms with Crippen molar-refractivity contribution >= 4 is 41.4 Å². The van der Waals surface area contributed by atoms with E-state index in [1.165, 1.54) is 40.7 Å². The maximum Gasteiger partial charge on any atom is 0.372 e. The molecule has 0 bridgehead atoms. The van der Waals surface area contributed by atoms with Crippen LogP contribution in [0.4, 0.5) is 0 Å². The number of rotatable bonds is 10. The number of hydrogen-bond donors (Lipinski definition) is 3. The van der Waals surface area contributed by atoms with E-state index < -0.39 is 35.1 Å². The average Bonchev–Trinajstić information content (AvgIpc) is 2.83. The summed E-state index contributed by atoms with van der Waals surface area (Å²) in [6.07, 6.45) is 5.08. The Morgan fingerprint density at radius 1 is 0.795 bits per heavy atom. The number of carboxylic acid groups (broad SMARTS) is 2. The maximum atomic E-state index is 11.3. The third-order valence-corrected chi connectivity index (χ3v) is 2.86. The summed E-state index contributed by atoms with van der Waals surface area (Å²) in [5.74, 6) is -4.94. The predicted octanol–water partition coefficient (Wildman–Crippen LogP) is 2.54. The Bertz CT molecular complexity index is 879. The molecule has 0 aliphatic heterocycles. The lowest BCUT2D eigenvalue weighted by Gasteiger charge is -2.06. The van der Waals surface area contributed by atoms with Gasteiger partial charge in [-0.1, -0.05) is 26.5 Å². The Kier molecular flexibility index (Phi) is 33.8. The van der Waals surface area contributed by atoms with E-state index in [1.54, 1.807) is 0 Å². The molecule has 13 heteroatoms. The van der Waals surface area contributed by atoms with Gasteiger partial charge in [-0.3, -0.25) is 4.79 Å². The quantitative estimate of drug-likeness (QED) is 0.116. The van der Waals surface area contributed by atoms with Gasteiger partial charge in [-0.15, -0.1) is 0 Å². The lowest BCUT2D eigenvalue weighted by Crippen LogP contribution is -2.14. The van der Waals surface area contributed by atoms with E-state index in [0.29, 0.717) is 6.61 Å². The minimum Gasteiger partial charge on any atom is -0.489 e. The Labute approximate surface area is 229 Å². The smallest absolute Gasteiger partial charge is 0.372 e. The van der Waals surface area contributed by atoms with Crippen LogP contribution in [0.15, 0.2) is 48.3 Å². The minimum absolute atomic E-state index is 0.167. The summed E-state index contributed by atoms with van der Waals surface area (Å²) in [6, 6.07) is 0. The molecule has 0 aromatic carbocycles. The molecule has 0 saturated heterocycles.